The Morgan fingerprint density at radius 3 is 2.61 bits per heavy atom. The van der Waals surface area contributed by atoms with Gasteiger partial charge in [-0.25, -0.2) is 4.98 Å². The minimum absolute atomic E-state index is 0.836. The van der Waals surface area contributed by atoms with Crippen molar-refractivity contribution < 1.29 is 4.74 Å². The highest BCUT2D eigenvalue weighted by molar-refractivity contribution is 6.08. The first-order valence-electron chi connectivity index (χ1n) is 6.04. The maximum absolute atomic E-state index is 5.48. The number of pyridine rings is 1. The zero-order valence-electron chi connectivity index (χ0n) is 11.1. The molecule has 0 saturated heterocycles. The van der Waals surface area contributed by atoms with Crippen molar-refractivity contribution in [2.45, 2.75) is 20.8 Å². The van der Waals surface area contributed by atoms with E-state index in [0.29, 0.717) is 0 Å². The normalized spacial score (nSPS) is 11.3. The Hall–Kier alpha value is -2.03. The van der Waals surface area contributed by atoms with Crippen LogP contribution in [0.1, 0.15) is 17.0 Å². The van der Waals surface area contributed by atoms with Crippen molar-refractivity contribution in [2.24, 2.45) is 0 Å². The predicted molar refractivity (Wildman–Crippen MR) is 74.4 cm³/mol. The highest BCUT2D eigenvalue weighted by atomic mass is 16.5. The summed E-state index contributed by atoms with van der Waals surface area (Å²) in [6.07, 6.45) is 0. The van der Waals surface area contributed by atoms with Crippen LogP contribution in [0.5, 0.6) is 5.75 Å². The first-order chi connectivity index (χ1) is 8.60. The molecule has 2 aromatic heterocycles. The number of benzene rings is 1. The van der Waals surface area contributed by atoms with Crippen LogP contribution in [0.2, 0.25) is 0 Å². The van der Waals surface area contributed by atoms with Gasteiger partial charge in [-0.15, -0.1) is 0 Å². The Morgan fingerprint density at radius 2 is 1.89 bits per heavy atom. The quantitative estimate of drug-likeness (QED) is 0.705. The number of hydrogen-bond acceptors (Lipinski definition) is 2. The molecule has 0 aliphatic heterocycles. The van der Waals surface area contributed by atoms with Gasteiger partial charge in [-0.1, -0.05) is 0 Å². The van der Waals surface area contributed by atoms with Crippen molar-refractivity contribution in [1.82, 2.24) is 9.97 Å². The summed E-state index contributed by atoms with van der Waals surface area (Å²) in [5, 5.41) is 2.33. The standard InChI is InChI=1S/C15H16N2O/c1-8-5-9(2)17-15-12(18-4)7-11-6-10(3)16-14(11)13(8)15/h5-7,16H,1-4H3. The van der Waals surface area contributed by atoms with E-state index in [2.05, 4.69) is 35.9 Å². The Labute approximate surface area is 106 Å². The highest BCUT2D eigenvalue weighted by Gasteiger charge is 2.12. The van der Waals surface area contributed by atoms with E-state index in [9.17, 15) is 0 Å². The lowest BCUT2D eigenvalue weighted by molar-refractivity contribution is 0.419. The summed E-state index contributed by atoms with van der Waals surface area (Å²) in [4.78, 5) is 8.04. The van der Waals surface area contributed by atoms with Crippen LogP contribution in [0.25, 0.3) is 21.8 Å². The van der Waals surface area contributed by atoms with E-state index in [1.165, 1.54) is 10.9 Å². The summed E-state index contributed by atoms with van der Waals surface area (Å²) in [6, 6.07) is 6.29. The van der Waals surface area contributed by atoms with Gasteiger partial charge in [-0.2, -0.15) is 0 Å². The maximum Gasteiger partial charge on any atom is 0.145 e. The Bertz CT molecular complexity index is 756. The maximum atomic E-state index is 5.48. The van der Waals surface area contributed by atoms with E-state index < -0.39 is 0 Å². The number of fused-ring (bicyclic) bond motifs is 3. The number of ether oxygens (including phenoxy) is 1. The van der Waals surface area contributed by atoms with Gasteiger partial charge < -0.3 is 9.72 Å². The number of nitrogens with zero attached hydrogens (tertiary/aromatic N) is 1. The van der Waals surface area contributed by atoms with Gasteiger partial charge in [0.2, 0.25) is 0 Å². The van der Waals surface area contributed by atoms with Gasteiger partial charge >= 0.3 is 0 Å². The van der Waals surface area contributed by atoms with Crippen LogP contribution in [0.3, 0.4) is 0 Å². The molecule has 1 N–H and O–H groups in total. The molecule has 3 aromatic rings. The Balaban J connectivity index is 2.60. The van der Waals surface area contributed by atoms with E-state index >= 15 is 0 Å². The summed E-state index contributed by atoms with van der Waals surface area (Å²) < 4.78 is 5.48. The smallest absolute Gasteiger partial charge is 0.145 e. The van der Waals surface area contributed by atoms with Crippen LogP contribution >= 0.6 is 0 Å². The Morgan fingerprint density at radius 1 is 1.11 bits per heavy atom. The molecule has 1 aromatic carbocycles. The Kier molecular flexibility index (Phi) is 2.30. The number of nitrogens with one attached hydrogen (secondary N) is 1. The van der Waals surface area contributed by atoms with E-state index in [1.807, 2.05) is 13.0 Å². The molecule has 0 saturated carbocycles. The van der Waals surface area contributed by atoms with Crippen LogP contribution < -0.4 is 4.74 Å². The summed E-state index contributed by atoms with van der Waals surface area (Å²) in [5.74, 6) is 0.836. The fourth-order valence-electron chi connectivity index (χ4n) is 2.63. The second kappa shape index (κ2) is 3.73. The number of H-pyrrole nitrogens is 1. The molecule has 0 radical (unpaired) electrons. The number of methoxy groups -OCH3 is 1. The van der Waals surface area contributed by atoms with Gasteiger partial charge in [-0.05, 0) is 44.5 Å². The van der Waals surface area contributed by atoms with Crippen molar-refractivity contribution in [3.8, 4) is 5.75 Å². The minimum Gasteiger partial charge on any atom is -0.494 e. The number of aromatic amines is 1. The molecule has 0 fully saturated rings. The first-order valence-corrected chi connectivity index (χ1v) is 6.04. The van der Waals surface area contributed by atoms with Crippen molar-refractivity contribution in [3.05, 3.63) is 35.2 Å². The molecule has 0 bridgehead atoms. The van der Waals surface area contributed by atoms with Crippen LogP contribution in [-0.4, -0.2) is 17.1 Å². The topological polar surface area (TPSA) is 37.9 Å². The number of aromatic nitrogens is 2. The monoisotopic (exact) mass is 240 g/mol. The van der Waals surface area contributed by atoms with Crippen molar-refractivity contribution in [2.75, 3.05) is 7.11 Å². The molecular weight excluding hydrogens is 224 g/mol. The van der Waals surface area contributed by atoms with E-state index in [1.54, 1.807) is 7.11 Å². The third-order valence-corrected chi connectivity index (χ3v) is 3.32. The highest BCUT2D eigenvalue weighted by Crippen LogP contribution is 2.34. The lowest BCUT2D eigenvalue weighted by atomic mass is 10.1. The molecule has 3 rings (SSSR count). The molecule has 0 atom stereocenters. The average Bonchev–Trinajstić information content (AvgIpc) is 2.67. The number of aryl methyl sites for hydroxylation is 3. The van der Waals surface area contributed by atoms with Gasteiger partial charge in [0.1, 0.15) is 11.3 Å². The molecule has 0 amide bonds. The molecule has 18 heavy (non-hydrogen) atoms. The fourth-order valence-corrected chi connectivity index (χ4v) is 2.63. The zero-order valence-corrected chi connectivity index (χ0v) is 11.1. The molecule has 0 aliphatic rings. The summed E-state index contributed by atoms with van der Waals surface area (Å²) in [7, 11) is 1.69. The summed E-state index contributed by atoms with van der Waals surface area (Å²) >= 11 is 0. The molecule has 2 heterocycles. The lowest BCUT2D eigenvalue weighted by Gasteiger charge is -2.09. The van der Waals surface area contributed by atoms with Crippen LogP contribution in [0.15, 0.2) is 18.2 Å². The van der Waals surface area contributed by atoms with Gasteiger partial charge in [0, 0.05) is 22.2 Å². The van der Waals surface area contributed by atoms with E-state index in [-0.39, 0.29) is 0 Å². The number of hydrogen-bond donors (Lipinski definition) is 1. The summed E-state index contributed by atoms with van der Waals surface area (Å²) in [6.45, 7) is 6.19. The molecule has 92 valence electrons. The second-order valence-electron chi connectivity index (χ2n) is 4.80. The van der Waals surface area contributed by atoms with Crippen molar-refractivity contribution in [1.29, 1.82) is 0 Å². The second-order valence-corrected chi connectivity index (χ2v) is 4.80. The van der Waals surface area contributed by atoms with Crippen molar-refractivity contribution >= 4 is 21.8 Å². The molecule has 3 nitrogen and oxygen atoms in total. The zero-order chi connectivity index (χ0) is 12.9. The van der Waals surface area contributed by atoms with Crippen LogP contribution in [0.4, 0.5) is 0 Å². The fraction of sp³-hybridized carbons (Fsp3) is 0.267. The summed E-state index contributed by atoms with van der Waals surface area (Å²) in [5.41, 5.74) is 5.47. The van der Waals surface area contributed by atoms with Gasteiger partial charge in [0.15, 0.2) is 0 Å². The third-order valence-electron chi connectivity index (χ3n) is 3.32. The van der Waals surface area contributed by atoms with E-state index in [0.717, 1.165) is 33.6 Å². The van der Waals surface area contributed by atoms with Gasteiger partial charge in [0.05, 0.1) is 12.6 Å². The number of rotatable bonds is 1. The first kappa shape index (κ1) is 11.1. The van der Waals surface area contributed by atoms with Crippen LogP contribution in [-0.2, 0) is 0 Å². The lowest BCUT2D eigenvalue weighted by Crippen LogP contribution is -1.93. The minimum atomic E-state index is 0.836. The van der Waals surface area contributed by atoms with Crippen LogP contribution in [0, 0.1) is 20.8 Å². The average molecular weight is 240 g/mol. The van der Waals surface area contributed by atoms with Gasteiger partial charge in [-0.3, -0.25) is 0 Å². The molecular formula is C15H16N2O. The van der Waals surface area contributed by atoms with E-state index in [4.69, 9.17) is 4.74 Å². The largest absolute Gasteiger partial charge is 0.494 e. The van der Waals surface area contributed by atoms with Crippen molar-refractivity contribution in [3.63, 3.8) is 0 Å². The molecule has 0 unspecified atom stereocenters. The SMILES string of the molecule is COc1cc2cc(C)[nH]c2c2c(C)cc(C)nc12. The molecule has 0 spiro atoms. The molecule has 3 heteroatoms. The third kappa shape index (κ3) is 1.47. The van der Waals surface area contributed by atoms with Gasteiger partial charge in [0.25, 0.3) is 0 Å². The molecule has 0 aliphatic carbocycles. The predicted octanol–water partition coefficient (Wildman–Crippen LogP) is 3.65.